The molecule has 0 bridgehead atoms. The summed E-state index contributed by atoms with van der Waals surface area (Å²) in [6.45, 7) is 7.57. The standard InChI is InChI=1S/C14H23NO2/c1-6-11(2)14(9-7-8-10-14)15-12(16)17-13(3,4)5/h1,11H,7-10H2,2-5H3,(H,15,16). The van der Waals surface area contributed by atoms with Gasteiger partial charge in [-0.2, -0.15) is 0 Å². The van der Waals surface area contributed by atoms with Crippen LogP contribution in [-0.2, 0) is 4.74 Å². The zero-order valence-electron chi connectivity index (χ0n) is 11.3. The molecule has 0 aliphatic heterocycles. The highest BCUT2D eigenvalue weighted by Crippen LogP contribution is 2.36. The van der Waals surface area contributed by atoms with Gasteiger partial charge in [0.05, 0.1) is 5.54 Å². The van der Waals surface area contributed by atoms with Crippen molar-refractivity contribution in [1.29, 1.82) is 0 Å². The molecule has 3 nitrogen and oxygen atoms in total. The van der Waals surface area contributed by atoms with Crippen LogP contribution in [0.1, 0.15) is 53.4 Å². The average Bonchev–Trinajstić information content (AvgIpc) is 2.63. The summed E-state index contributed by atoms with van der Waals surface area (Å²) in [4.78, 5) is 11.8. The third-order valence-electron chi connectivity index (χ3n) is 3.32. The maximum Gasteiger partial charge on any atom is 0.408 e. The molecule has 0 aromatic carbocycles. The molecule has 0 aromatic rings. The molecule has 1 amide bonds. The molecular weight excluding hydrogens is 214 g/mol. The van der Waals surface area contributed by atoms with Gasteiger partial charge in [0.2, 0.25) is 0 Å². The van der Waals surface area contributed by atoms with Crippen molar-refractivity contribution in [3.8, 4) is 12.3 Å². The third-order valence-corrected chi connectivity index (χ3v) is 3.32. The first-order chi connectivity index (χ1) is 7.79. The van der Waals surface area contributed by atoms with Gasteiger partial charge in [-0.05, 0) is 40.5 Å². The van der Waals surface area contributed by atoms with Gasteiger partial charge >= 0.3 is 6.09 Å². The number of rotatable bonds is 2. The van der Waals surface area contributed by atoms with Crippen LogP contribution in [0.4, 0.5) is 4.79 Å². The Labute approximate surface area is 104 Å². The summed E-state index contributed by atoms with van der Waals surface area (Å²) in [6.07, 6.45) is 9.25. The Morgan fingerprint density at radius 1 is 1.41 bits per heavy atom. The van der Waals surface area contributed by atoms with Crippen LogP contribution >= 0.6 is 0 Å². The molecule has 0 aromatic heterocycles. The number of amides is 1. The number of carbonyl (C=O) groups is 1. The molecule has 96 valence electrons. The van der Waals surface area contributed by atoms with E-state index in [-0.39, 0.29) is 17.6 Å². The molecule has 0 spiro atoms. The Morgan fingerprint density at radius 3 is 2.35 bits per heavy atom. The SMILES string of the molecule is C#CC(C)C1(NC(=O)OC(C)(C)C)CCCC1. The minimum absolute atomic E-state index is 0.0394. The second kappa shape index (κ2) is 5.00. The fourth-order valence-electron chi connectivity index (χ4n) is 2.34. The molecular formula is C14H23NO2. The zero-order chi connectivity index (χ0) is 13.1. The molecule has 1 unspecified atom stereocenters. The Balaban J connectivity index is 2.69. The Bertz CT molecular complexity index is 316. The quantitative estimate of drug-likeness (QED) is 0.749. The molecule has 1 aliphatic rings. The third kappa shape index (κ3) is 3.66. The highest BCUT2D eigenvalue weighted by atomic mass is 16.6. The van der Waals surface area contributed by atoms with E-state index in [9.17, 15) is 4.79 Å². The van der Waals surface area contributed by atoms with Gasteiger partial charge in [-0.15, -0.1) is 12.3 Å². The summed E-state index contributed by atoms with van der Waals surface area (Å²) in [7, 11) is 0. The van der Waals surface area contributed by atoms with E-state index in [4.69, 9.17) is 11.2 Å². The molecule has 1 rings (SSSR count). The van der Waals surface area contributed by atoms with Crippen LogP contribution in [0.3, 0.4) is 0 Å². The Kier molecular flexibility index (Phi) is 4.08. The van der Waals surface area contributed by atoms with E-state index < -0.39 is 5.60 Å². The van der Waals surface area contributed by atoms with E-state index in [0.29, 0.717) is 0 Å². The topological polar surface area (TPSA) is 38.3 Å². The molecule has 17 heavy (non-hydrogen) atoms. The van der Waals surface area contributed by atoms with Crippen LogP contribution in [0.2, 0.25) is 0 Å². The monoisotopic (exact) mass is 237 g/mol. The smallest absolute Gasteiger partial charge is 0.408 e. The number of hydrogen-bond donors (Lipinski definition) is 1. The van der Waals surface area contributed by atoms with E-state index in [0.717, 1.165) is 25.7 Å². The van der Waals surface area contributed by atoms with Crippen molar-refractivity contribution in [2.45, 2.75) is 64.5 Å². The predicted octanol–water partition coefficient (Wildman–Crippen LogP) is 3.09. The van der Waals surface area contributed by atoms with Crippen molar-refractivity contribution < 1.29 is 9.53 Å². The lowest BCUT2D eigenvalue weighted by molar-refractivity contribution is 0.0434. The molecule has 0 radical (unpaired) electrons. The maximum absolute atomic E-state index is 11.8. The van der Waals surface area contributed by atoms with Crippen LogP contribution in [0.25, 0.3) is 0 Å². The molecule has 0 saturated heterocycles. The first-order valence-electron chi connectivity index (χ1n) is 6.26. The second-order valence-electron chi connectivity index (χ2n) is 5.88. The van der Waals surface area contributed by atoms with Crippen molar-refractivity contribution in [2.75, 3.05) is 0 Å². The molecule has 1 N–H and O–H groups in total. The van der Waals surface area contributed by atoms with Crippen LogP contribution < -0.4 is 5.32 Å². The van der Waals surface area contributed by atoms with Gasteiger partial charge in [0.1, 0.15) is 5.60 Å². The largest absolute Gasteiger partial charge is 0.444 e. The average molecular weight is 237 g/mol. The van der Waals surface area contributed by atoms with Gasteiger partial charge in [-0.1, -0.05) is 12.8 Å². The van der Waals surface area contributed by atoms with Gasteiger partial charge in [0, 0.05) is 5.92 Å². The normalized spacial score (nSPS) is 20.4. The number of hydrogen-bond acceptors (Lipinski definition) is 2. The zero-order valence-corrected chi connectivity index (χ0v) is 11.3. The summed E-state index contributed by atoms with van der Waals surface area (Å²) in [6, 6.07) is 0. The molecule has 1 aliphatic carbocycles. The number of terminal acetylenes is 1. The molecule has 1 saturated carbocycles. The van der Waals surface area contributed by atoms with Crippen molar-refractivity contribution in [1.82, 2.24) is 5.32 Å². The highest BCUT2D eigenvalue weighted by Gasteiger charge is 2.40. The predicted molar refractivity (Wildman–Crippen MR) is 68.6 cm³/mol. The Morgan fingerprint density at radius 2 is 1.94 bits per heavy atom. The van der Waals surface area contributed by atoms with E-state index in [1.54, 1.807) is 0 Å². The summed E-state index contributed by atoms with van der Waals surface area (Å²) >= 11 is 0. The number of alkyl carbamates (subject to hydrolysis) is 1. The maximum atomic E-state index is 11.8. The summed E-state index contributed by atoms with van der Waals surface area (Å²) in [5.74, 6) is 2.78. The first kappa shape index (κ1) is 13.9. The van der Waals surface area contributed by atoms with Crippen LogP contribution in [0.15, 0.2) is 0 Å². The lowest BCUT2D eigenvalue weighted by Gasteiger charge is -2.34. The van der Waals surface area contributed by atoms with Crippen molar-refractivity contribution in [3.05, 3.63) is 0 Å². The fourth-order valence-corrected chi connectivity index (χ4v) is 2.34. The van der Waals surface area contributed by atoms with Gasteiger partial charge in [0.15, 0.2) is 0 Å². The van der Waals surface area contributed by atoms with Gasteiger partial charge in [-0.3, -0.25) is 0 Å². The lowest BCUT2D eigenvalue weighted by Crippen LogP contribution is -2.52. The van der Waals surface area contributed by atoms with Crippen LogP contribution in [0.5, 0.6) is 0 Å². The lowest BCUT2D eigenvalue weighted by atomic mass is 9.84. The molecule has 3 heteroatoms. The summed E-state index contributed by atoms with van der Waals surface area (Å²) in [5.41, 5.74) is -0.736. The molecule has 1 atom stereocenters. The minimum Gasteiger partial charge on any atom is -0.444 e. The summed E-state index contributed by atoms with van der Waals surface area (Å²) in [5, 5.41) is 3.00. The van der Waals surface area contributed by atoms with Crippen LogP contribution in [0, 0.1) is 18.3 Å². The van der Waals surface area contributed by atoms with Crippen LogP contribution in [-0.4, -0.2) is 17.2 Å². The number of ether oxygens (including phenoxy) is 1. The molecule has 0 heterocycles. The number of carbonyl (C=O) groups excluding carboxylic acids is 1. The fraction of sp³-hybridized carbons (Fsp3) is 0.786. The number of nitrogens with one attached hydrogen (secondary N) is 1. The van der Waals surface area contributed by atoms with Gasteiger partial charge < -0.3 is 10.1 Å². The van der Waals surface area contributed by atoms with E-state index >= 15 is 0 Å². The highest BCUT2D eigenvalue weighted by molar-refractivity contribution is 5.69. The molecule has 1 fully saturated rings. The Hall–Kier alpha value is -1.17. The van der Waals surface area contributed by atoms with Crippen molar-refractivity contribution >= 4 is 6.09 Å². The van der Waals surface area contributed by atoms with Gasteiger partial charge in [0.25, 0.3) is 0 Å². The van der Waals surface area contributed by atoms with Gasteiger partial charge in [-0.25, -0.2) is 4.79 Å². The second-order valence-corrected chi connectivity index (χ2v) is 5.88. The van der Waals surface area contributed by atoms with Crippen molar-refractivity contribution in [2.24, 2.45) is 5.92 Å². The summed E-state index contributed by atoms with van der Waals surface area (Å²) < 4.78 is 5.30. The van der Waals surface area contributed by atoms with E-state index in [1.165, 1.54) is 0 Å². The first-order valence-corrected chi connectivity index (χ1v) is 6.26. The van der Waals surface area contributed by atoms with E-state index in [2.05, 4.69) is 11.2 Å². The minimum atomic E-state index is -0.469. The van der Waals surface area contributed by atoms with Crippen molar-refractivity contribution in [3.63, 3.8) is 0 Å². The van der Waals surface area contributed by atoms with E-state index in [1.807, 2.05) is 27.7 Å².